The van der Waals surface area contributed by atoms with Gasteiger partial charge in [-0.3, -0.25) is 0 Å². The van der Waals surface area contributed by atoms with E-state index in [1.807, 2.05) is 4.90 Å². The van der Waals surface area contributed by atoms with Gasteiger partial charge in [0.1, 0.15) is 0 Å². The predicted octanol–water partition coefficient (Wildman–Crippen LogP) is 2.91. The molecule has 5 heteroatoms. The highest BCUT2D eigenvalue weighted by Gasteiger charge is 2.30. The Bertz CT molecular complexity index is 239. The van der Waals surface area contributed by atoms with Gasteiger partial charge in [0.15, 0.2) is 0 Å². The average molecular weight is 220 g/mol. The molecular weight excluding hydrogens is 202 g/mol. The average Bonchev–Trinajstić information content (AvgIpc) is 2.10. The van der Waals surface area contributed by atoms with Crippen LogP contribution in [0.4, 0.5) is 12.9 Å². The van der Waals surface area contributed by atoms with Crippen molar-refractivity contribution in [1.29, 1.82) is 0 Å². The molecular formula is C10H18BF3N-. The highest BCUT2D eigenvalue weighted by atomic mass is 19.4. The van der Waals surface area contributed by atoms with E-state index in [1.165, 1.54) is 0 Å². The van der Waals surface area contributed by atoms with Crippen LogP contribution in [0.5, 0.6) is 0 Å². The van der Waals surface area contributed by atoms with Crippen LogP contribution in [-0.4, -0.2) is 31.5 Å². The van der Waals surface area contributed by atoms with Gasteiger partial charge < -0.3 is 17.8 Å². The maximum Gasteiger partial charge on any atom is 0.506 e. The van der Waals surface area contributed by atoms with Gasteiger partial charge in [0.05, 0.1) is 0 Å². The van der Waals surface area contributed by atoms with Crippen LogP contribution in [0.1, 0.15) is 20.3 Å². The van der Waals surface area contributed by atoms with Crippen LogP contribution >= 0.6 is 0 Å². The maximum absolute atomic E-state index is 12.3. The Morgan fingerprint density at radius 3 is 2.40 bits per heavy atom. The van der Waals surface area contributed by atoms with Crippen LogP contribution in [0.3, 0.4) is 0 Å². The maximum atomic E-state index is 12.3. The van der Waals surface area contributed by atoms with Gasteiger partial charge in [-0.25, -0.2) is 0 Å². The highest BCUT2D eigenvalue weighted by molar-refractivity contribution is 6.66. The lowest BCUT2D eigenvalue weighted by Gasteiger charge is -2.37. The molecule has 0 saturated carbocycles. The quantitative estimate of drug-likeness (QED) is 0.661. The number of piperidine rings is 1. The van der Waals surface area contributed by atoms with Crippen LogP contribution in [0.25, 0.3) is 0 Å². The Morgan fingerprint density at radius 1 is 1.33 bits per heavy atom. The third-order valence-electron chi connectivity index (χ3n) is 3.31. The molecule has 0 aromatic rings. The molecule has 15 heavy (non-hydrogen) atoms. The summed E-state index contributed by atoms with van der Waals surface area (Å²) in [6.45, 7) is 4.02. The third kappa shape index (κ3) is 3.56. The zero-order chi connectivity index (χ0) is 11.6. The van der Waals surface area contributed by atoms with Crippen molar-refractivity contribution in [3.05, 3.63) is 12.1 Å². The summed E-state index contributed by atoms with van der Waals surface area (Å²) in [7, 11) is 0. The van der Waals surface area contributed by atoms with Crippen molar-refractivity contribution in [1.82, 2.24) is 4.90 Å². The van der Waals surface area contributed by atoms with Gasteiger partial charge in [0.25, 0.3) is 0 Å². The number of halogens is 3. The largest absolute Gasteiger partial charge is 0.506 e. The molecule has 2 atom stereocenters. The van der Waals surface area contributed by atoms with Gasteiger partial charge in [0.2, 0.25) is 0 Å². The molecule has 0 radical (unpaired) electrons. The lowest BCUT2D eigenvalue weighted by Crippen LogP contribution is -2.41. The van der Waals surface area contributed by atoms with Crippen molar-refractivity contribution in [2.24, 2.45) is 11.8 Å². The fourth-order valence-electron chi connectivity index (χ4n) is 1.88. The van der Waals surface area contributed by atoms with E-state index in [0.717, 1.165) is 19.5 Å². The van der Waals surface area contributed by atoms with Crippen molar-refractivity contribution in [3.63, 3.8) is 0 Å². The van der Waals surface area contributed by atoms with E-state index >= 15 is 0 Å². The van der Waals surface area contributed by atoms with Crippen molar-refractivity contribution in [3.8, 4) is 0 Å². The second-order valence-electron chi connectivity index (χ2n) is 4.71. The van der Waals surface area contributed by atoms with Gasteiger partial charge in [-0.15, -0.1) is 12.1 Å². The monoisotopic (exact) mass is 220 g/mol. The summed E-state index contributed by atoms with van der Waals surface area (Å²) in [4.78, 5) is 1.86. The van der Waals surface area contributed by atoms with E-state index in [0.29, 0.717) is 11.8 Å². The smallest absolute Gasteiger partial charge is 0.445 e. The Hall–Kier alpha value is -0.445. The molecule has 0 aliphatic carbocycles. The standard InChI is InChI=1S/C10H18BF3N/c1-8-4-5-15(6-9(8)2)7-10(3)11(12,13)14/h8-9H,3-7H2,1-2H3/q-1. The van der Waals surface area contributed by atoms with E-state index in [-0.39, 0.29) is 6.54 Å². The number of likely N-dealkylation sites (tertiary alicyclic amines) is 1. The van der Waals surface area contributed by atoms with Crippen molar-refractivity contribution < 1.29 is 12.9 Å². The second kappa shape index (κ2) is 4.60. The fraction of sp³-hybridized carbons (Fsp3) is 0.800. The molecule has 88 valence electrons. The van der Waals surface area contributed by atoms with E-state index in [9.17, 15) is 12.9 Å². The Kier molecular flexibility index (Phi) is 3.87. The summed E-state index contributed by atoms with van der Waals surface area (Å²) >= 11 is 0. The Balaban J connectivity index is 2.44. The number of hydrogen-bond acceptors (Lipinski definition) is 1. The lowest BCUT2D eigenvalue weighted by atomic mass is 9.79. The topological polar surface area (TPSA) is 3.24 Å². The lowest BCUT2D eigenvalue weighted by molar-refractivity contribution is 0.149. The first kappa shape index (κ1) is 12.6. The second-order valence-corrected chi connectivity index (χ2v) is 4.71. The summed E-state index contributed by atoms with van der Waals surface area (Å²) in [5, 5.41) is 0. The molecule has 1 fully saturated rings. The van der Waals surface area contributed by atoms with Crippen LogP contribution in [0.15, 0.2) is 12.1 Å². The molecule has 0 aromatic carbocycles. The molecule has 1 saturated heterocycles. The molecule has 1 rings (SSSR count). The molecule has 1 aliphatic heterocycles. The van der Waals surface area contributed by atoms with E-state index in [4.69, 9.17) is 0 Å². The first-order valence-corrected chi connectivity index (χ1v) is 5.40. The molecule has 1 nitrogen and oxygen atoms in total. The molecule has 0 N–H and O–H groups in total. The summed E-state index contributed by atoms with van der Waals surface area (Å²) < 4.78 is 36.9. The molecule has 0 aromatic heterocycles. The molecule has 2 unspecified atom stereocenters. The van der Waals surface area contributed by atoms with Gasteiger partial charge in [-0.1, -0.05) is 13.8 Å². The molecule has 1 heterocycles. The Morgan fingerprint density at radius 2 is 1.93 bits per heavy atom. The van der Waals surface area contributed by atoms with Gasteiger partial charge in [-0.2, -0.15) is 0 Å². The van der Waals surface area contributed by atoms with Gasteiger partial charge >= 0.3 is 6.98 Å². The summed E-state index contributed by atoms with van der Waals surface area (Å²) in [5.74, 6) is 1.10. The normalized spacial score (nSPS) is 29.1. The summed E-state index contributed by atoms with van der Waals surface area (Å²) in [6, 6.07) is 0. The van der Waals surface area contributed by atoms with E-state index in [1.54, 1.807) is 0 Å². The van der Waals surface area contributed by atoms with Crippen LogP contribution in [0.2, 0.25) is 0 Å². The zero-order valence-corrected chi connectivity index (χ0v) is 9.35. The van der Waals surface area contributed by atoms with Crippen molar-refractivity contribution in [2.75, 3.05) is 19.6 Å². The van der Waals surface area contributed by atoms with Crippen molar-refractivity contribution >= 4 is 6.98 Å². The first-order valence-electron chi connectivity index (χ1n) is 5.40. The summed E-state index contributed by atoms with van der Waals surface area (Å²) in [6.07, 6.45) is 0.985. The minimum absolute atomic E-state index is 0.0133. The first-order chi connectivity index (χ1) is 6.80. The van der Waals surface area contributed by atoms with E-state index in [2.05, 4.69) is 20.4 Å². The SMILES string of the molecule is C=C(CN1CCC(C)C(C)C1)[B-](F)(F)F. The number of nitrogens with zero attached hydrogens (tertiary/aromatic N) is 1. The zero-order valence-electron chi connectivity index (χ0n) is 9.35. The van der Waals surface area contributed by atoms with E-state index < -0.39 is 12.4 Å². The highest BCUT2D eigenvalue weighted by Crippen LogP contribution is 2.25. The van der Waals surface area contributed by atoms with Crippen LogP contribution in [0, 0.1) is 11.8 Å². The van der Waals surface area contributed by atoms with Crippen LogP contribution in [-0.2, 0) is 0 Å². The fourth-order valence-corrected chi connectivity index (χ4v) is 1.88. The number of rotatable bonds is 3. The molecule has 0 spiro atoms. The van der Waals surface area contributed by atoms with Gasteiger partial charge in [0, 0.05) is 6.54 Å². The summed E-state index contributed by atoms with van der Waals surface area (Å²) in [5.41, 5.74) is -0.572. The third-order valence-corrected chi connectivity index (χ3v) is 3.31. The number of hydrogen-bond donors (Lipinski definition) is 0. The minimum Gasteiger partial charge on any atom is -0.445 e. The van der Waals surface area contributed by atoms with Gasteiger partial charge in [-0.05, 0) is 31.3 Å². The molecule has 0 amide bonds. The molecule has 1 aliphatic rings. The predicted molar refractivity (Wildman–Crippen MR) is 57.6 cm³/mol. The van der Waals surface area contributed by atoms with Crippen molar-refractivity contribution in [2.45, 2.75) is 20.3 Å². The van der Waals surface area contributed by atoms with Crippen LogP contribution < -0.4 is 0 Å². The Labute approximate surface area is 89.4 Å². The molecule has 0 bridgehead atoms. The minimum atomic E-state index is -4.86.